The molecule has 1 saturated carbocycles. The van der Waals surface area contributed by atoms with E-state index in [1.807, 2.05) is 0 Å². The van der Waals surface area contributed by atoms with Gasteiger partial charge in [0.25, 0.3) is 0 Å². The molecule has 4 unspecified atom stereocenters. The molecule has 1 aromatic carbocycles. The first-order valence-electron chi connectivity index (χ1n) is 8.31. The minimum Gasteiger partial charge on any atom is -0.125 e. The molecule has 0 radical (unpaired) electrons. The minimum atomic E-state index is 0.466. The molecule has 0 saturated heterocycles. The third-order valence-electron chi connectivity index (χ3n) is 5.50. The van der Waals surface area contributed by atoms with Crippen LogP contribution in [0, 0.1) is 17.3 Å². The lowest BCUT2D eigenvalue weighted by Crippen LogP contribution is -2.33. The molecule has 0 amide bonds. The maximum atomic E-state index is 3.99. The lowest BCUT2D eigenvalue weighted by molar-refractivity contribution is 0.140. The summed E-state index contributed by atoms with van der Waals surface area (Å²) in [5, 5.41) is 0. The van der Waals surface area contributed by atoms with E-state index in [0.29, 0.717) is 5.41 Å². The van der Waals surface area contributed by atoms with E-state index in [-0.39, 0.29) is 0 Å². The third kappa shape index (κ3) is 3.52. The van der Waals surface area contributed by atoms with Gasteiger partial charge in [-0.1, -0.05) is 54.9 Å². The van der Waals surface area contributed by atoms with Gasteiger partial charge >= 0.3 is 0 Å². The van der Waals surface area contributed by atoms with Crippen molar-refractivity contribution in [1.29, 1.82) is 0 Å². The van der Waals surface area contributed by atoms with Crippen molar-refractivity contribution >= 4 is 27.7 Å². The highest BCUT2D eigenvalue weighted by Crippen LogP contribution is 2.48. The van der Waals surface area contributed by atoms with Gasteiger partial charge in [0.2, 0.25) is 0 Å². The summed E-state index contributed by atoms with van der Waals surface area (Å²) in [5.74, 6) is 3.80. The van der Waals surface area contributed by atoms with Gasteiger partial charge in [0.05, 0.1) is 0 Å². The molecule has 1 heterocycles. The zero-order chi connectivity index (χ0) is 15.0. The number of benzene rings is 1. The number of fused-ring (bicyclic) bond motifs is 1. The zero-order valence-electron chi connectivity index (χ0n) is 13.4. The first-order chi connectivity index (χ1) is 9.95. The van der Waals surface area contributed by atoms with Gasteiger partial charge in [-0.2, -0.15) is 0 Å². The normalized spacial score (nSPS) is 33.0. The molecule has 0 nitrogen and oxygen atoms in total. The summed E-state index contributed by atoms with van der Waals surface area (Å²) >= 11 is 6.05. The molecule has 4 atom stereocenters. The Morgan fingerprint density at radius 2 is 1.95 bits per heavy atom. The fraction of sp³-hybridized carbons (Fsp3) is 0.684. The number of thioether (sulfide) groups is 1. The predicted molar refractivity (Wildman–Crippen MR) is 97.5 cm³/mol. The Hall–Kier alpha value is 0.0500. The van der Waals surface area contributed by atoms with Crippen molar-refractivity contribution in [3.63, 3.8) is 0 Å². The van der Waals surface area contributed by atoms with Gasteiger partial charge in [-0.05, 0) is 60.5 Å². The van der Waals surface area contributed by atoms with E-state index in [0.717, 1.165) is 22.6 Å². The molecule has 1 aliphatic heterocycles. The number of halogens is 1. The predicted octanol–water partition coefficient (Wildman–Crippen LogP) is 6.49. The maximum absolute atomic E-state index is 3.99. The van der Waals surface area contributed by atoms with Crippen molar-refractivity contribution in [3.05, 3.63) is 29.8 Å². The van der Waals surface area contributed by atoms with Crippen LogP contribution in [0.15, 0.2) is 29.2 Å². The summed E-state index contributed by atoms with van der Waals surface area (Å²) in [7, 11) is 0. The van der Waals surface area contributed by atoms with Gasteiger partial charge in [-0.15, -0.1) is 11.8 Å². The van der Waals surface area contributed by atoms with E-state index in [4.69, 9.17) is 0 Å². The molecule has 0 N–H and O–H groups in total. The van der Waals surface area contributed by atoms with Crippen molar-refractivity contribution in [2.24, 2.45) is 17.3 Å². The van der Waals surface area contributed by atoms with Crippen molar-refractivity contribution < 1.29 is 0 Å². The van der Waals surface area contributed by atoms with Crippen LogP contribution >= 0.6 is 27.7 Å². The van der Waals surface area contributed by atoms with E-state index in [1.54, 1.807) is 5.56 Å². The van der Waals surface area contributed by atoms with E-state index in [2.05, 4.69) is 72.7 Å². The largest absolute Gasteiger partial charge is 0.125 e. The smallest absolute Gasteiger partial charge is 0.0174 e. The highest BCUT2D eigenvalue weighted by molar-refractivity contribution is 9.09. The van der Waals surface area contributed by atoms with Crippen LogP contribution in [0.1, 0.15) is 57.9 Å². The Bertz CT molecular complexity index is 491. The average molecular weight is 367 g/mol. The quantitative estimate of drug-likeness (QED) is 0.538. The van der Waals surface area contributed by atoms with Gasteiger partial charge in [-0.25, -0.2) is 0 Å². The number of hydrogen-bond donors (Lipinski definition) is 0. The Morgan fingerprint density at radius 3 is 2.71 bits per heavy atom. The molecule has 0 bridgehead atoms. The number of rotatable bonds is 2. The summed E-state index contributed by atoms with van der Waals surface area (Å²) in [4.78, 5) is 2.26. The van der Waals surface area contributed by atoms with E-state index in [9.17, 15) is 0 Å². The van der Waals surface area contributed by atoms with Crippen molar-refractivity contribution in [2.75, 3.05) is 5.75 Å². The van der Waals surface area contributed by atoms with Crippen molar-refractivity contribution in [1.82, 2.24) is 0 Å². The van der Waals surface area contributed by atoms with Crippen LogP contribution < -0.4 is 0 Å². The third-order valence-corrected chi connectivity index (χ3v) is 7.96. The summed E-state index contributed by atoms with van der Waals surface area (Å²) in [6, 6.07) is 9.04. The zero-order valence-corrected chi connectivity index (χ0v) is 15.8. The Morgan fingerprint density at radius 1 is 1.19 bits per heavy atom. The highest BCUT2D eigenvalue weighted by atomic mass is 79.9. The maximum Gasteiger partial charge on any atom is 0.0174 e. The van der Waals surface area contributed by atoms with E-state index < -0.39 is 0 Å². The fourth-order valence-corrected chi connectivity index (χ4v) is 6.02. The lowest BCUT2D eigenvalue weighted by Gasteiger charge is -2.41. The molecular weight excluding hydrogens is 340 g/mol. The standard InChI is InChI=1S/C19H27BrS/c1-19(2,3)15-8-9-17(20)13(11-15)10-14-12-21-18-7-5-4-6-16(14)18/h4-7,13-15,17H,8-12H2,1-3H3. The molecule has 3 rings (SSSR count). The average Bonchev–Trinajstić information content (AvgIpc) is 2.83. The van der Waals surface area contributed by atoms with Crippen molar-refractivity contribution in [3.8, 4) is 0 Å². The van der Waals surface area contributed by atoms with E-state index >= 15 is 0 Å². The Labute approximate surface area is 142 Å². The van der Waals surface area contributed by atoms with Gasteiger partial charge in [-0.3, -0.25) is 0 Å². The molecule has 2 aliphatic rings. The van der Waals surface area contributed by atoms with Crippen LogP contribution in [0.2, 0.25) is 0 Å². The van der Waals surface area contributed by atoms with Crippen LogP contribution in [-0.2, 0) is 0 Å². The molecule has 2 heteroatoms. The first kappa shape index (κ1) is 15.9. The summed E-state index contributed by atoms with van der Waals surface area (Å²) in [6.45, 7) is 7.26. The fourth-order valence-electron chi connectivity index (χ4n) is 4.05. The number of hydrogen-bond acceptors (Lipinski definition) is 1. The summed E-state index contributed by atoms with van der Waals surface area (Å²) in [6.07, 6.45) is 5.52. The van der Waals surface area contributed by atoms with Gasteiger partial charge in [0.1, 0.15) is 0 Å². The molecular formula is C19H27BrS. The molecule has 0 spiro atoms. The second-order valence-electron chi connectivity index (χ2n) is 7.93. The second-order valence-corrected chi connectivity index (χ2v) is 10.2. The lowest BCUT2D eigenvalue weighted by atomic mass is 9.67. The van der Waals surface area contributed by atoms with Crippen LogP contribution in [-0.4, -0.2) is 10.6 Å². The Balaban J connectivity index is 1.69. The van der Waals surface area contributed by atoms with Crippen LogP contribution in [0.5, 0.6) is 0 Å². The van der Waals surface area contributed by atoms with Crippen LogP contribution in [0.3, 0.4) is 0 Å². The summed E-state index contributed by atoms with van der Waals surface area (Å²) in [5.41, 5.74) is 2.08. The molecule has 1 aromatic rings. The van der Waals surface area contributed by atoms with Gasteiger partial charge < -0.3 is 0 Å². The topological polar surface area (TPSA) is 0 Å². The highest BCUT2D eigenvalue weighted by Gasteiger charge is 2.37. The SMILES string of the molecule is CC(C)(C)C1CCC(Br)C(CC2CSc3ccccc32)C1. The first-order valence-corrected chi connectivity index (χ1v) is 10.2. The molecule has 0 aromatic heterocycles. The molecule has 1 aliphatic carbocycles. The van der Waals surface area contributed by atoms with Crippen LogP contribution in [0.4, 0.5) is 0 Å². The number of alkyl halides is 1. The Kier molecular flexibility index (Phi) is 4.76. The monoisotopic (exact) mass is 366 g/mol. The molecule has 116 valence electrons. The summed E-state index contributed by atoms with van der Waals surface area (Å²) < 4.78 is 0. The van der Waals surface area contributed by atoms with Gasteiger partial charge in [0, 0.05) is 15.5 Å². The van der Waals surface area contributed by atoms with E-state index in [1.165, 1.54) is 36.3 Å². The van der Waals surface area contributed by atoms with Gasteiger partial charge in [0.15, 0.2) is 0 Å². The van der Waals surface area contributed by atoms with Crippen LogP contribution in [0.25, 0.3) is 0 Å². The molecule has 1 fully saturated rings. The minimum absolute atomic E-state index is 0.466. The second kappa shape index (κ2) is 6.28. The molecule has 21 heavy (non-hydrogen) atoms. The van der Waals surface area contributed by atoms with Crippen molar-refractivity contribution in [2.45, 2.75) is 62.1 Å².